The first-order chi connectivity index (χ1) is 6.77. The van der Waals surface area contributed by atoms with Crippen LogP contribution in [0.1, 0.15) is 32.6 Å². The average Bonchev–Trinajstić information content (AvgIpc) is 2.46. The van der Waals surface area contributed by atoms with E-state index in [-0.39, 0.29) is 6.10 Å². The third-order valence-electron chi connectivity index (χ3n) is 3.52. The predicted molar refractivity (Wildman–Crippen MR) is 61.8 cm³/mol. The molecule has 3 atom stereocenters. The fraction of sp³-hybridized carbons (Fsp3) is 1.00. The van der Waals surface area contributed by atoms with Gasteiger partial charge in [0.15, 0.2) is 0 Å². The summed E-state index contributed by atoms with van der Waals surface area (Å²) in [6.07, 6.45) is 4.68. The number of rotatable bonds is 1. The molecule has 82 valence electrons. The molecule has 3 heteroatoms. The van der Waals surface area contributed by atoms with E-state index in [0.717, 1.165) is 11.7 Å². The molecule has 2 rings (SSSR count). The molecule has 1 heterocycles. The first kappa shape index (κ1) is 10.8. The molecular formula is C11H21NOS. The first-order valence-electron chi connectivity index (χ1n) is 5.81. The van der Waals surface area contributed by atoms with Crippen molar-refractivity contribution in [2.75, 3.05) is 18.8 Å². The lowest BCUT2D eigenvalue weighted by Gasteiger charge is -2.29. The summed E-state index contributed by atoms with van der Waals surface area (Å²) in [7, 11) is 0. The van der Waals surface area contributed by atoms with Crippen LogP contribution in [0.15, 0.2) is 0 Å². The fourth-order valence-corrected chi connectivity index (χ4v) is 3.61. The van der Waals surface area contributed by atoms with Crippen molar-refractivity contribution in [1.82, 2.24) is 4.90 Å². The molecule has 0 radical (unpaired) electrons. The molecule has 1 aliphatic heterocycles. The third-order valence-corrected chi connectivity index (χ3v) is 4.74. The van der Waals surface area contributed by atoms with Gasteiger partial charge in [-0.05, 0) is 32.2 Å². The van der Waals surface area contributed by atoms with E-state index in [2.05, 4.69) is 23.6 Å². The molecule has 0 aromatic carbocycles. The Bertz CT molecular complexity index is 188. The standard InChI is InChI=1S/C11H21NOS/c1-9-5-6-12(7-8-14-9)10-3-2-4-11(10)13/h9-11,13H,2-8H2,1H3/t9?,10-,11-/m0/s1. The molecule has 1 unspecified atom stereocenters. The van der Waals surface area contributed by atoms with E-state index < -0.39 is 0 Å². The minimum absolute atomic E-state index is 0.0478. The van der Waals surface area contributed by atoms with Crippen LogP contribution >= 0.6 is 11.8 Å². The number of aliphatic hydroxyl groups excluding tert-OH is 1. The maximum atomic E-state index is 9.85. The van der Waals surface area contributed by atoms with Gasteiger partial charge in [-0.15, -0.1) is 0 Å². The Labute approximate surface area is 91.1 Å². The zero-order chi connectivity index (χ0) is 9.97. The van der Waals surface area contributed by atoms with Crippen molar-refractivity contribution in [3.8, 4) is 0 Å². The van der Waals surface area contributed by atoms with Gasteiger partial charge in [0.1, 0.15) is 0 Å². The lowest BCUT2D eigenvalue weighted by atomic mass is 10.1. The summed E-state index contributed by atoms with van der Waals surface area (Å²) in [6, 6.07) is 0.473. The number of hydrogen-bond donors (Lipinski definition) is 1. The number of thioether (sulfide) groups is 1. The van der Waals surface area contributed by atoms with Crippen molar-refractivity contribution >= 4 is 11.8 Å². The Hall–Kier alpha value is 0.270. The molecule has 1 N–H and O–H groups in total. The molecule has 0 bridgehead atoms. The highest BCUT2D eigenvalue weighted by atomic mass is 32.2. The van der Waals surface area contributed by atoms with Crippen LogP contribution in [0.3, 0.4) is 0 Å². The van der Waals surface area contributed by atoms with Gasteiger partial charge in [0, 0.05) is 23.6 Å². The summed E-state index contributed by atoms with van der Waals surface area (Å²) in [6.45, 7) is 4.69. The second-order valence-corrected chi connectivity index (χ2v) is 6.12. The van der Waals surface area contributed by atoms with Crippen LogP contribution in [0.25, 0.3) is 0 Å². The van der Waals surface area contributed by atoms with Crippen molar-refractivity contribution in [2.24, 2.45) is 0 Å². The van der Waals surface area contributed by atoms with Gasteiger partial charge in [-0.2, -0.15) is 11.8 Å². The Morgan fingerprint density at radius 2 is 2.07 bits per heavy atom. The maximum Gasteiger partial charge on any atom is 0.0695 e. The summed E-state index contributed by atoms with van der Waals surface area (Å²) in [5.74, 6) is 1.24. The van der Waals surface area contributed by atoms with Gasteiger partial charge in [-0.1, -0.05) is 6.92 Å². The van der Waals surface area contributed by atoms with Crippen molar-refractivity contribution in [3.63, 3.8) is 0 Å². The summed E-state index contributed by atoms with van der Waals surface area (Å²) < 4.78 is 0. The fourth-order valence-electron chi connectivity index (χ4n) is 2.59. The number of hydrogen-bond acceptors (Lipinski definition) is 3. The molecule has 2 aliphatic rings. The molecule has 1 aliphatic carbocycles. The topological polar surface area (TPSA) is 23.5 Å². The molecule has 0 spiro atoms. The van der Waals surface area contributed by atoms with Crippen molar-refractivity contribution in [2.45, 2.75) is 50.0 Å². The van der Waals surface area contributed by atoms with Crippen molar-refractivity contribution < 1.29 is 5.11 Å². The van der Waals surface area contributed by atoms with Gasteiger partial charge in [-0.25, -0.2) is 0 Å². The molecule has 14 heavy (non-hydrogen) atoms. The number of nitrogens with zero attached hydrogens (tertiary/aromatic N) is 1. The van der Waals surface area contributed by atoms with E-state index in [4.69, 9.17) is 0 Å². The van der Waals surface area contributed by atoms with E-state index in [0.29, 0.717) is 6.04 Å². The monoisotopic (exact) mass is 215 g/mol. The lowest BCUT2D eigenvalue weighted by molar-refractivity contribution is 0.0748. The van der Waals surface area contributed by atoms with Crippen LogP contribution in [-0.2, 0) is 0 Å². The largest absolute Gasteiger partial charge is 0.391 e. The smallest absolute Gasteiger partial charge is 0.0695 e. The van der Waals surface area contributed by atoms with E-state index in [9.17, 15) is 5.11 Å². The lowest BCUT2D eigenvalue weighted by Crippen LogP contribution is -2.41. The maximum absolute atomic E-state index is 9.85. The van der Waals surface area contributed by atoms with Crippen LogP contribution in [0, 0.1) is 0 Å². The van der Waals surface area contributed by atoms with Crippen LogP contribution in [-0.4, -0.2) is 46.2 Å². The van der Waals surface area contributed by atoms with Crippen LogP contribution in [0.5, 0.6) is 0 Å². The normalized spacial score (nSPS) is 41.1. The number of aliphatic hydroxyl groups is 1. The molecule has 0 aromatic heterocycles. The van der Waals surface area contributed by atoms with E-state index in [1.54, 1.807) is 0 Å². The molecule has 0 amide bonds. The van der Waals surface area contributed by atoms with E-state index in [1.807, 2.05) is 0 Å². The third kappa shape index (κ3) is 2.44. The summed E-state index contributed by atoms with van der Waals surface area (Å²) in [5.41, 5.74) is 0. The van der Waals surface area contributed by atoms with Crippen molar-refractivity contribution in [1.29, 1.82) is 0 Å². The molecule has 2 nitrogen and oxygen atoms in total. The van der Waals surface area contributed by atoms with E-state index >= 15 is 0 Å². The zero-order valence-electron chi connectivity index (χ0n) is 8.98. The van der Waals surface area contributed by atoms with Gasteiger partial charge in [0.05, 0.1) is 6.10 Å². The molecular weight excluding hydrogens is 194 g/mol. The molecule has 2 fully saturated rings. The zero-order valence-corrected chi connectivity index (χ0v) is 9.80. The highest BCUT2D eigenvalue weighted by Crippen LogP contribution is 2.27. The highest BCUT2D eigenvalue weighted by molar-refractivity contribution is 7.99. The minimum Gasteiger partial charge on any atom is -0.391 e. The quantitative estimate of drug-likeness (QED) is 0.720. The van der Waals surface area contributed by atoms with Gasteiger partial charge in [0.25, 0.3) is 0 Å². The summed E-state index contributed by atoms with van der Waals surface area (Å²) in [4.78, 5) is 2.52. The Kier molecular flexibility index (Phi) is 3.74. The van der Waals surface area contributed by atoms with Gasteiger partial charge in [-0.3, -0.25) is 4.90 Å². The Balaban J connectivity index is 1.90. The second-order valence-electron chi connectivity index (χ2n) is 4.57. The summed E-state index contributed by atoms with van der Waals surface area (Å²) in [5, 5.41) is 10.7. The first-order valence-corrected chi connectivity index (χ1v) is 6.86. The van der Waals surface area contributed by atoms with Gasteiger partial charge >= 0.3 is 0 Å². The minimum atomic E-state index is -0.0478. The SMILES string of the molecule is CC1CCN([C@H]2CCC[C@@H]2O)CCS1. The van der Waals surface area contributed by atoms with Crippen LogP contribution in [0.2, 0.25) is 0 Å². The second kappa shape index (κ2) is 4.86. The van der Waals surface area contributed by atoms with E-state index in [1.165, 1.54) is 38.1 Å². The molecule has 1 saturated heterocycles. The van der Waals surface area contributed by atoms with Gasteiger partial charge in [0.2, 0.25) is 0 Å². The summed E-state index contributed by atoms with van der Waals surface area (Å²) >= 11 is 2.08. The predicted octanol–water partition coefficient (Wildman–Crippen LogP) is 1.73. The average molecular weight is 215 g/mol. The Morgan fingerprint density at radius 3 is 2.79 bits per heavy atom. The highest BCUT2D eigenvalue weighted by Gasteiger charge is 2.31. The molecule has 1 saturated carbocycles. The Morgan fingerprint density at radius 1 is 1.21 bits per heavy atom. The molecule has 0 aromatic rings. The van der Waals surface area contributed by atoms with Crippen molar-refractivity contribution in [3.05, 3.63) is 0 Å². The van der Waals surface area contributed by atoms with Crippen LogP contribution < -0.4 is 0 Å². The van der Waals surface area contributed by atoms with Gasteiger partial charge < -0.3 is 5.11 Å². The van der Waals surface area contributed by atoms with Crippen LogP contribution in [0.4, 0.5) is 0 Å².